The van der Waals surface area contributed by atoms with Gasteiger partial charge in [0.05, 0.1) is 0 Å². The maximum absolute atomic E-state index is 2.52. The van der Waals surface area contributed by atoms with Crippen LogP contribution in [-0.2, 0) is 19.3 Å². The monoisotopic (exact) mass is 292 g/mol. The zero-order valence-electron chi connectivity index (χ0n) is 14.3. The van der Waals surface area contributed by atoms with E-state index in [1.807, 2.05) is 0 Å². The first kappa shape index (κ1) is 14.3. The number of hydrogen-bond donors (Lipinski definition) is 0. The third kappa shape index (κ3) is 2.11. The molecule has 22 heavy (non-hydrogen) atoms. The first-order chi connectivity index (χ1) is 10.7. The van der Waals surface area contributed by atoms with Gasteiger partial charge in [-0.3, -0.25) is 0 Å². The molecule has 0 unspecified atom stereocenters. The highest BCUT2D eigenvalue weighted by Gasteiger charge is 2.31. The minimum atomic E-state index is 0.965. The number of benzene rings is 2. The summed E-state index contributed by atoms with van der Waals surface area (Å²) in [6, 6.07) is 7.23. The van der Waals surface area contributed by atoms with Crippen molar-refractivity contribution in [3.05, 3.63) is 46.0 Å². The smallest absolute Gasteiger partial charge is 0.0120 e. The van der Waals surface area contributed by atoms with Gasteiger partial charge in [-0.25, -0.2) is 0 Å². The molecule has 2 aliphatic carbocycles. The first-order valence-corrected chi connectivity index (χ1v) is 9.22. The fourth-order valence-electron chi connectivity index (χ4n) is 5.28. The zero-order valence-corrected chi connectivity index (χ0v) is 14.3. The summed E-state index contributed by atoms with van der Waals surface area (Å²) in [6.07, 6.45) is 9.68. The van der Waals surface area contributed by atoms with Crippen LogP contribution in [0.2, 0.25) is 0 Å². The SMILES string of the molecule is CCc1ccc2cc3c(c(C)c2c1C)C[C@@H]1CCCC[C@@H]1C3. The van der Waals surface area contributed by atoms with Crippen molar-refractivity contribution < 1.29 is 0 Å². The van der Waals surface area contributed by atoms with E-state index in [1.54, 1.807) is 22.1 Å². The number of fused-ring (bicyclic) bond motifs is 3. The Bertz CT molecular complexity index is 723. The highest BCUT2D eigenvalue weighted by atomic mass is 14.4. The van der Waals surface area contributed by atoms with E-state index in [0.29, 0.717) is 0 Å². The van der Waals surface area contributed by atoms with E-state index < -0.39 is 0 Å². The molecule has 2 aromatic rings. The normalized spacial score (nSPS) is 24.1. The van der Waals surface area contributed by atoms with Gasteiger partial charge in [0.25, 0.3) is 0 Å². The molecule has 2 aromatic carbocycles. The van der Waals surface area contributed by atoms with Crippen LogP contribution < -0.4 is 0 Å². The van der Waals surface area contributed by atoms with Gasteiger partial charge in [0.15, 0.2) is 0 Å². The van der Waals surface area contributed by atoms with Crippen LogP contribution in [0.4, 0.5) is 0 Å². The molecular formula is C22H28. The largest absolute Gasteiger partial charge is 0.0613 e. The van der Waals surface area contributed by atoms with Crippen molar-refractivity contribution in [2.75, 3.05) is 0 Å². The van der Waals surface area contributed by atoms with E-state index in [4.69, 9.17) is 0 Å². The van der Waals surface area contributed by atoms with Crippen LogP contribution in [0.15, 0.2) is 18.2 Å². The van der Waals surface area contributed by atoms with Crippen LogP contribution in [0.1, 0.15) is 60.4 Å². The molecule has 1 fully saturated rings. The maximum Gasteiger partial charge on any atom is -0.0120 e. The second kappa shape index (κ2) is 5.41. The van der Waals surface area contributed by atoms with Gasteiger partial charge in [0.1, 0.15) is 0 Å². The van der Waals surface area contributed by atoms with Gasteiger partial charge in [-0.2, -0.15) is 0 Å². The van der Waals surface area contributed by atoms with Crippen LogP contribution in [0.25, 0.3) is 10.8 Å². The Labute approximate surface area is 134 Å². The van der Waals surface area contributed by atoms with E-state index in [0.717, 1.165) is 18.3 Å². The Morgan fingerprint density at radius 1 is 0.955 bits per heavy atom. The summed E-state index contributed by atoms with van der Waals surface area (Å²) in [5.74, 6) is 1.93. The second-order valence-electron chi connectivity index (χ2n) is 7.65. The highest BCUT2D eigenvalue weighted by molar-refractivity contribution is 5.91. The average molecular weight is 292 g/mol. The molecular weight excluding hydrogens is 264 g/mol. The third-order valence-electron chi connectivity index (χ3n) is 6.55. The lowest BCUT2D eigenvalue weighted by molar-refractivity contribution is 0.221. The summed E-state index contributed by atoms with van der Waals surface area (Å²) < 4.78 is 0. The number of hydrogen-bond acceptors (Lipinski definition) is 0. The molecule has 0 heterocycles. The summed E-state index contributed by atoms with van der Waals surface area (Å²) in [5, 5.41) is 3.02. The van der Waals surface area contributed by atoms with Crippen molar-refractivity contribution in [3.63, 3.8) is 0 Å². The predicted octanol–water partition coefficient (Wildman–Crippen LogP) is 5.92. The van der Waals surface area contributed by atoms with Crippen molar-refractivity contribution in [1.29, 1.82) is 0 Å². The molecule has 1 saturated carbocycles. The van der Waals surface area contributed by atoms with Crippen molar-refractivity contribution in [2.45, 2.75) is 65.7 Å². The molecule has 4 rings (SSSR count). The Hall–Kier alpha value is -1.30. The number of aryl methyl sites for hydroxylation is 3. The molecule has 116 valence electrons. The van der Waals surface area contributed by atoms with Crippen LogP contribution >= 0.6 is 0 Å². The topological polar surface area (TPSA) is 0 Å². The van der Waals surface area contributed by atoms with E-state index in [9.17, 15) is 0 Å². The lowest BCUT2D eigenvalue weighted by atomic mass is 9.67. The molecule has 0 heteroatoms. The summed E-state index contributed by atoms with van der Waals surface area (Å²) in [6.45, 7) is 6.98. The zero-order chi connectivity index (χ0) is 15.3. The lowest BCUT2D eigenvalue weighted by Gasteiger charge is -2.38. The second-order valence-corrected chi connectivity index (χ2v) is 7.65. The van der Waals surface area contributed by atoms with E-state index >= 15 is 0 Å². The fourth-order valence-corrected chi connectivity index (χ4v) is 5.28. The molecule has 0 aliphatic heterocycles. The van der Waals surface area contributed by atoms with Crippen molar-refractivity contribution in [2.24, 2.45) is 11.8 Å². The molecule has 0 spiro atoms. The summed E-state index contributed by atoms with van der Waals surface area (Å²) in [4.78, 5) is 0. The molecule has 2 atom stereocenters. The molecule has 0 aromatic heterocycles. The Balaban J connectivity index is 1.89. The van der Waals surface area contributed by atoms with Crippen LogP contribution in [0, 0.1) is 25.7 Å². The molecule has 0 saturated heterocycles. The van der Waals surface area contributed by atoms with Crippen LogP contribution in [-0.4, -0.2) is 0 Å². The Kier molecular flexibility index (Phi) is 3.51. The molecule has 0 nitrogen and oxygen atoms in total. The Morgan fingerprint density at radius 3 is 2.41 bits per heavy atom. The summed E-state index contributed by atoms with van der Waals surface area (Å²) in [5.41, 5.74) is 7.99. The van der Waals surface area contributed by atoms with E-state index in [1.165, 1.54) is 55.0 Å². The Morgan fingerprint density at radius 2 is 1.68 bits per heavy atom. The van der Waals surface area contributed by atoms with Gasteiger partial charge in [-0.15, -0.1) is 0 Å². The van der Waals surface area contributed by atoms with Crippen molar-refractivity contribution in [3.8, 4) is 0 Å². The minimum Gasteiger partial charge on any atom is -0.0613 e. The quantitative estimate of drug-likeness (QED) is 0.611. The van der Waals surface area contributed by atoms with Gasteiger partial charge in [0.2, 0.25) is 0 Å². The summed E-state index contributed by atoms with van der Waals surface area (Å²) in [7, 11) is 0. The van der Waals surface area contributed by atoms with E-state index in [2.05, 4.69) is 39.0 Å². The standard InChI is InChI=1S/C22H28/c1-4-16-9-10-19-12-20-11-17-7-5-6-8-18(17)13-21(20)15(3)22(19)14(16)2/h9-10,12,17-18H,4-8,11,13H2,1-3H3/t17-,18+/m1/s1. The molecule has 0 radical (unpaired) electrons. The van der Waals surface area contributed by atoms with Gasteiger partial charge in [0, 0.05) is 0 Å². The van der Waals surface area contributed by atoms with Crippen molar-refractivity contribution >= 4 is 10.8 Å². The van der Waals surface area contributed by atoms with Gasteiger partial charge >= 0.3 is 0 Å². The molecule has 0 bridgehead atoms. The van der Waals surface area contributed by atoms with Gasteiger partial charge < -0.3 is 0 Å². The first-order valence-electron chi connectivity index (χ1n) is 9.22. The predicted molar refractivity (Wildman–Crippen MR) is 95.7 cm³/mol. The fraction of sp³-hybridized carbons (Fsp3) is 0.545. The van der Waals surface area contributed by atoms with Crippen molar-refractivity contribution in [1.82, 2.24) is 0 Å². The molecule has 2 aliphatic rings. The summed E-state index contributed by atoms with van der Waals surface area (Å²) >= 11 is 0. The maximum atomic E-state index is 2.52. The van der Waals surface area contributed by atoms with Crippen LogP contribution in [0.5, 0.6) is 0 Å². The minimum absolute atomic E-state index is 0.965. The molecule has 0 N–H and O–H groups in total. The van der Waals surface area contributed by atoms with Gasteiger partial charge in [-0.1, -0.05) is 38.0 Å². The van der Waals surface area contributed by atoms with Crippen LogP contribution in [0.3, 0.4) is 0 Å². The van der Waals surface area contributed by atoms with Gasteiger partial charge in [-0.05, 0) is 96.4 Å². The highest BCUT2D eigenvalue weighted by Crippen LogP contribution is 2.42. The lowest BCUT2D eigenvalue weighted by Crippen LogP contribution is -2.28. The van der Waals surface area contributed by atoms with E-state index in [-0.39, 0.29) is 0 Å². The number of rotatable bonds is 1. The molecule has 0 amide bonds. The third-order valence-corrected chi connectivity index (χ3v) is 6.55. The average Bonchev–Trinajstić information content (AvgIpc) is 2.54.